The lowest BCUT2D eigenvalue weighted by Crippen LogP contribution is -2.11. The number of unbranched alkanes of at least 4 members (excludes halogenated alkanes) is 1. The number of nitrogens with one attached hydrogen (secondary N) is 1. The number of anilines is 1. The number of carbonyl (C=O) groups is 1. The van der Waals surface area contributed by atoms with Gasteiger partial charge in [-0.25, -0.2) is 0 Å². The SMILES string of the molecule is CCCCOc1ccc(C(=O)Nc2cccc(-c3ccc(CO)o3)c2)cc1. The zero-order valence-corrected chi connectivity index (χ0v) is 15.3. The summed E-state index contributed by atoms with van der Waals surface area (Å²) in [6, 6.07) is 18.0. The molecule has 0 unspecified atom stereocenters. The highest BCUT2D eigenvalue weighted by Gasteiger charge is 2.09. The summed E-state index contributed by atoms with van der Waals surface area (Å²) in [5.41, 5.74) is 2.05. The Morgan fingerprint density at radius 2 is 1.93 bits per heavy atom. The van der Waals surface area contributed by atoms with Crippen LogP contribution in [0.1, 0.15) is 35.9 Å². The molecule has 0 aliphatic heterocycles. The number of hydrogen-bond acceptors (Lipinski definition) is 4. The molecule has 1 heterocycles. The van der Waals surface area contributed by atoms with Crippen LogP contribution in [0.25, 0.3) is 11.3 Å². The van der Waals surface area contributed by atoms with Crippen molar-refractivity contribution in [3.63, 3.8) is 0 Å². The molecule has 0 aliphatic rings. The highest BCUT2D eigenvalue weighted by molar-refractivity contribution is 6.04. The summed E-state index contributed by atoms with van der Waals surface area (Å²) in [5.74, 6) is 1.71. The molecule has 0 saturated heterocycles. The van der Waals surface area contributed by atoms with Gasteiger partial charge >= 0.3 is 0 Å². The first-order valence-corrected chi connectivity index (χ1v) is 9.04. The van der Waals surface area contributed by atoms with Crippen LogP contribution in [0.3, 0.4) is 0 Å². The van der Waals surface area contributed by atoms with Crippen LogP contribution in [0.2, 0.25) is 0 Å². The van der Waals surface area contributed by atoms with Gasteiger partial charge in [-0.05, 0) is 55.0 Å². The van der Waals surface area contributed by atoms with Crippen LogP contribution in [0, 0.1) is 0 Å². The Hall–Kier alpha value is -3.05. The Morgan fingerprint density at radius 3 is 2.63 bits per heavy atom. The predicted octanol–water partition coefficient (Wildman–Crippen LogP) is 4.87. The smallest absolute Gasteiger partial charge is 0.255 e. The van der Waals surface area contributed by atoms with E-state index in [9.17, 15) is 4.79 Å². The van der Waals surface area contributed by atoms with Crippen molar-refractivity contribution in [2.75, 3.05) is 11.9 Å². The fourth-order valence-corrected chi connectivity index (χ4v) is 2.61. The number of furan rings is 1. The number of aliphatic hydroxyl groups is 1. The van der Waals surface area contributed by atoms with Gasteiger partial charge < -0.3 is 19.6 Å². The van der Waals surface area contributed by atoms with E-state index in [-0.39, 0.29) is 12.5 Å². The van der Waals surface area contributed by atoms with Crippen molar-refractivity contribution in [1.29, 1.82) is 0 Å². The quantitative estimate of drug-likeness (QED) is 0.559. The van der Waals surface area contributed by atoms with Gasteiger partial charge in [0.2, 0.25) is 0 Å². The molecule has 0 fully saturated rings. The molecule has 0 bridgehead atoms. The Bertz CT molecular complexity index is 883. The van der Waals surface area contributed by atoms with Gasteiger partial charge in [-0.3, -0.25) is 4.79 Å². The standard InChI is InChI=1S/C22H23NO4/c1-2-3-13-26-19-9-7-16(8-10-19)22(25)23-18-6-4-5-17(14-18)21-12-11-20(15-24)27-21/h4-12,14,24H,2-3,13,15H2,1H3,(H,23,25). The van der Waals surface area contributed by atoms with Crippen LogP contribution in [-0.2, 0) is 6.61 Å². The minimum atomic E-state index is -0.192. The van der Waals surface area contributed by atoms with E-state index in [1.54, 1.807) is 36.4 Å². The lowest BCUT2D eigenvalue weighted by Gasteiger charge is -2.08. The lowest BCUT2D eigenvalue weighted by molar-refractivity contribution is 0.102. The molecule has 1 amide bonds. The first-order chi connectivity index (χ1) is 13.2. The van der Waals surface area contributed by atoms with Crippen LogP contribution >= 0.6 is 0 Å². The molecule has 3 rings (SSSR count). The molecule has 0 aliphatic carbocycles. The van der Waals surface area contributed by atoms with Crippen LogP contribution in [0.5, 0.6) is 5.75 Å². The lowest BCUT2D eigenvalue weighted by atomic mass is 10.1. The maximum absolute atomic E-state index is 12.5. The Kier molecular flexibility index (Phi) is 6.28. The number of amides is 1. The molecule has 0 radical (unpaired) electrons. The van der Waals surface area contributed by atoms with Crippen molar-refractivity contribution in [3.05, 3.63) is 72.0 Å². The zero-order chi connectivity index (χ0) is 19.1. The summed E-state index contributed by atoms with van der Waals surface area (Å²) in [6.45, 7) is 2.65. The summed E-state index contributed by atoms with van der Waals surface area (Å²) in [7, 11) is 0. The third kappa shape index (κ3) is 4.99. The van der Waals surface area contributed by atoms with Gasteiger partial charge in [-0.2, -0.15) is 0 Å². The van der Waals surface area contributed by atoms with E-state index in [1.807, 2.05) is 24.3 Å². The van der Waals surface area contributed by atoms with Gasteiger partial charge in [0.1, 0.15) is 23.9 Å². The fraction of sp³-hybridized carbons (Fsp3) is 0.227. The van der Waals surface area contributed by atoms with E-state index in [0.29, 0.717) is 29.4 Å². The largest absolute Gasteiger partial charge is 0.494 e. The second kappa shape index (κ2) is 9.05. The van der Waals surface area contributed by atoms with Gasteiger partial charge in [0.15, 0.2) is 0 Å². The first kappa shape index (κ1) is 18.7. The molecule has 2 N–H and O–H groups in total. The zero-order valence-electron chi connectivity index (χ0n) is 15.3. The Balaban J connectivity index is 1.66. The molecule has 140 valence electrons. The molecule has 3 aromatic rings. The molecule has 1 aromatic heterocycles. The van der Waals surface area contributed by atoms with Gasteiger partial charge in [0.25, 0.3) is 5.91 Å². The molecular weight excluding hydrogens is 342 g/mol. The van der Waals surface area contributed by atoms with Crippen molar-refractivity contribution in [2.24, 2.45) is 0 Å². The van der Waals surface area contributed by atoms with Crippen LogP contribution < -0.4 is 10.1 Å². The Labute approximate surface area is 158 Å². The summed E-state index contributed by atoms with van der Waals surface area (Å²) < 4.78 is 11.2. The molecular formula is C22H23NO4. The summed E-state index contributed by atoms with van der Waals surface area (Å²) in [5, 5.41) is 12.0. The maximum Gasteiger partial charge on any atom is 0.255 e. The summed E-state index contributed by atoms with van der Waals surface area (Å²) in [4.78, 5) is 12.5. The highest BCUT2D eigenvalue weighted by atomic mass is 16.5. The third-order valence-electron chi connectivity index (χ3n) is 4.11. The number of ether oxygens (including phenoxy) is 1. The average molecular weight is 365 g/mol. The van der Waals surface area contributed by atoms with Gasteiger partial charge in [-0.15, -0.1) is 0 Å². The monoisotopic (exact) mass is 365 g/mol. The summed E-state index contributed by atoms with van der Waals surface area (Å²) in [6.07, 6.45) is 2.09. The van der Waals surface area contributed by atoms with E-state index in [4.69, 9.17) is 14.3 Å². The molecule has 27 heavy (non-hydrogen) atoms. The van der Waals surface area contributed by atoms with Gasteiger partial charge in [0.05, 0.1) is 6.61 Å². The molecule has 0 atom stereocenters. The van der Waals surface area contributed by atoms with Crippen LogP contribution in [0.4, 0.5) is 5.69 Å². The summed E-state index contributed by atoms with van der Waals surface area (Å²) >= 11 is 0. The van der Waals surface area contributed by atoms with Crippen LogP contribution in [-0.4, -0.2) is 17.6 Å². The minimum absolute atomic E-state index is 0.144. The predicted molar refractivity (Wildman–Crippen MR) is 105 cm³/mol. The van der Waals surface area contributed by atoms with Crippen molar-refractivity contribution >= 4 is 11.6 Å². The van der Waals surface area contributed by atoms with Crippen molar-refractivity contribution in [3.8, 4) is 17.1 Å². The second-order valence-corrected chi connectivity index (χ2v) is 6.19. The minimum Gasteiger partial charge on any atom is -0.494 e. The molecule has 5 nitrogen and oxygen atoms in total. The molecule has 0 saturated carbocycles. The van der Waals surface area contributed by atoms with Crippen LogP contribution in [0.15, 0.2) is 65.1 Å². The van der Waals surface area contributed by atoms with Crippen molar-refractivity contribution in [2.45, 2.75) is 26.4 Å². The number of carbonyl (C=O) groups excluding carboxylic acids is 1. The number of aliphatic hydroxyl groups excluding tert-OH is 1. The second-order valence-electron chi connectivity index (χ2n) is 6.19. The normalized spacial score (nSPS) is 10.6. The van der Waals surface area contributed by atoms with E-state index in [0.717, 1.165) is 24.2 Å². The number of rotatable bonds is 8. The molecule has 2 aromatic carbocycles. The van der Waals surface area contributed by atoms with Gasteiger partial charge in [0, 0.05) is 16.8 Å². The number of benzene rings is 2. The maximum atomic E-state index is 12.5. The van der Waals surface area contributed by atoms with Crippen molar-refractivity contribution < 1.29 is 19.1 Å². The Morgan fingerprint density at radius 1 is 1.11 bits per heavy atom. The number of hydrogen-bond donors (Lipinski definition) is 2. The van der Waals surface area contributed by atoms with E-state index in [2.05, 4.69) is 12.2 Å². The topological polar surface area (TPSA) is 71.7 Å². The van der Waals surface area contributed by atoms with E-state index in [1.165, 1.54) is 0 Å². The fourth-order valence-electron chi connectivity index (χ4n) is 2.61. The van der Waals surface area contributed by atoms with E-state index < -0.39 is 0 Å². The van der Waals surface area contributed by atoms with E-state index >= 15 is 0 Å². The average Bonchev–Trinajstić information content (AvgIpc) is 3.18. The van der Waals surface area contributed by atoms with Gasteiger partial charge in [-0.1, -0.05) is 25.5 Å². The third-order valence-corrected chi connectivity index (χ3v) is 4.11. The highest BCUT2D eigenvalue weighted by Crippen LogP contribution is 2.25. The first-order valence-electron chi connectivity index (χ1n) is 9.04. The molecule has 0 spiro atoms. The molecule has 5 heteroatoms. The van der Waals surface area contributed by atoms with Crippen molar-refractivity contribution in [1.82, 2.24) is 0 Å².